The molecule has 0 aliphatic carbocycles. The second kappa shape index (κ2) is 3.51. The van der Waals surface area contributed by atoms with Crippen LogP contribution in [0.25, 0.3) is 11.1 Å². The van der Waals surface area contributed by atoms with Crippen molar-refractivity contribution in [3.05, 3.63) is 29.7 Å². The molecule has 3 heteroatoms. The molecule has 1 aromatic heterocycles. The van der Waals surface area contributed by atoms with Gasteiger partial charge < -0.3 is 4.42 Å². The highest BCUT2D eigenvalue weighted by Gasteiger charge is 2.04. The molecule has 1 aromatic carbocycles. The predicted molar refractivity (Wildman–Crippen MR) is 52.7 cm³/mol. The van der Waals surface area contributed by atoms with Crippen molar-refractivity contribution < 1.29 is 4.42 Å². The lowest BCUT2D eigenvalue weighted by atomic mass is 10.1. The zero-order valence-corrected chi connectivity index (χ0v) is 7.95. The van der Waals surface area contributed by atoms with Gasteiger partial charge in [0, 0.05) is 0 Å². The standard InChI is InChI=1S/C11H10N2O/c1-2-8-3-4-10-9(7-8)13-11(14-10)5-6-12/h3-4,7H,2,5H2,1H3. The zero-order chi connectivity index (χ0) is 9.97. The van der Waals surface area contributed by atoms with Crippen LogP contribution in [0.5, 0.6) is 0 Å². The Hall–Kier alpha value is -1.82. The fraction of sp³-hybridized carbons (Fsp3) is 0.273. The van der Waals surface area contributed by atoms with E-state index < -0.39 is 0 Å². The molecule has 1 heterocycles. The van der Waals surface area contributed by atoms with Gasteiger partial charge in [-0.1, -0.05) is 13.0 Å². The lowest BCUT2D eigenvalue weighted by molar-refractivity contribution is 0.548. The van der Waals surface area contributed by atoms with Crippen LogP contribution >= 0.6 is 0 Å². The maximum absolute atomic E-state index is 8.50. The van der Waals surface area contributed by atoms with Gasteiger partial charge in [-0.25, -0.2) is 4.98 Å². The molecule has 0 atom stereocenters. The van der Waals surface area contributed by atoms with Gasteiger partial charge in [-0.15, -0.1) is 0 Å². The number of nitriles is 1. The van der Waals surface area contributed by atoms with Gasteiger partial charge >= 0.3 is 0 Å². The van der Waals surface area contributed by atoms with E-state index in [-0.39, 0.29) is 6.42 Å². The molecule has 0 aliphatic heterocycles. The average molecular weight is 186 g/mol. The third-order valence-electron chi connectivity index (χ3n) is 2.13. The van der Waals surface area contributed by atoms with Crippen LogP contribution in [0.15, 0.2) is 22.6 Å². The van der Waals surface area contributed by atoms with E-state index in [0.717, 1.165) is 17.5 Å². The Bertz CT molecular complexity index is 493. The quantitative estimate of drug-likeness (QED) is 0.723. The molecule has 2 aromatic rings. The van der Waals surface area contributed by atoms with Gasteiger partial charge in [0.05, 0.1) is 6.07 Å². The highest BCUT2D eigenvalue weighted by molar-refractivity contribution is 5.73. The summed E-state index contributed by atoms with van der Waals surface area (Å²) in [5, 5.41) is 8.50. The summed E-state index contributed by atoms with van der Waals surface area (Å²) in [6.07, 6.45) is 1.21. The summed E-state index contributed by atoms with van der Waals surface area (Å²) in [4.78, 5) is 4.22. The minimum absolute atomic E-state index is 0.232. The molecule has 0 amide bonds. The van der Waals surface area contributed by atoms with Crippen LogP contribution in [-0.4, -0.2) is 4.98 Å². The van der Waals surface area contributed by atoms with E-state index in [2.05, 4.69) is 11.9 Å². The molecule has 2 rings (SSSR count). The molecular formula is C11H10N2O. The highest BCUT2D eigenvalue weighted by atomic mass is 16.3. The summed E-state index contributed by atoms with van der Waals surface area (Å²) in [7, 11) is 0. The summed E-state index contributed by atoms with van der Waals surface area (Å²) in [6.45, 7) is 2.09. The first-order chi connectivity index (χ1) is 6.83. The van der Waals surface area contributed by atoms with Crippen molar-refractivity contribution in [1.29, 1.82) is 5.26 Å². The molecule has 3 nitrogen and oxygen atoms in total. The van der Waals surface area contributed by atoms with Crippen LogP contribution < -0.4 is 0 Å². The minimum Gasteiger partial charge on any atom is -0.440 e. The van der Waals surface area contributed by atoms with Crippen LogP contribution in [0.2, 0.25) is 0 Å². The van der Waals surface area contributed by atoms with Crippen LogP contribution in [0, 0.1) is 11.3 Å². The minimum atomic E-state index is 0.232. The van der Waals surface area contributed by atoms with E-state index in [0.29, 0.717) is 5.89 Å². The van der Waals surface area contributed by atoms with Gasteiger partial charge in [-0.05, 0) is 24.1 Å². The first-order valence-corrected chi connectivity index (χ1v) is 4.58. The number of aryl methyl sites for hydroxylation is 1. The number of oxazole rings is 1. The lowest BCUT2D eigenvalue weighted by Gasteiger charge is -1.92. The SMILES string of the molecule is CCc1ccc2oc(CC#N)nc2c1. The molecule has 0 spiro atoms. The van der Waals surface area contributed by atoms with Crippen molar-refractivity contribution in [2.75, 3.05) is 0 Å². The van der Waals surface area contributed by atoms with Gasteiger partial charge in [0.2, 0.25) is 5.89 Å². The van der Waals surface area contributed by atoms with Crippen molar-refractivity contribution >= 4 is 11.1 Å². The predicted octanol–water partition coefficient (Wildman–Crippen LogP) is 2.46. The number of fused-ring (bicyclic) bond motifs is 1. The van der Waals surface area contributed by atoms with E-state index in [1.807, 2.05) is 24.3 Å². The third-order valence-corrected chi connectivity index (χ3v) is 2.13. The molecule has 0 saturated carbocycles. The number of hydrogen-bond acceptors (Lipinski definition) is 3. The smallest absolute Gasteiger partial charge is 0.209 e. The highest BCUT2D eigenvalue weighted by Crippen LogP contribution is 2.17. The second-order valence-corrected chi connectivity index (χ2v) is 3.10. The molecule has 14 heavy (non-hydrogen) atoms. The van der Waals surface area contributed by atoms with E-state index in [4.69, 9.17) is 9.68 Å². The maximum atomic E-state index is 8.50. The fourth-order valence-corrected chi connectivity index (χ4v) is 1.38. The topological polar surface area (TPSA) is 49.8 Å². The third kappa shape index (κ3) is 1.47. The zero-order valence-electron chi connectivity index (χ0n) is 7.95. The second-order valence-electron chi connectivity index (χ2n) is 3.10. The van der Waals surface area contributed by atoms with Crippen molar-refractivity contribution in [2.45, 2.75) is 19.8 Å². The molecule has 70 valence electrons. The molecule has 0 bridgehead atoms. The number of benzene rings is 1. The number of hydrogen-bond donors (Lipinski definition) is 0. The Morgan fingerprint density at radius 2 is 2.36 bits per heavy atom. The molecule has 0 N–H and O–H groups in total. The van der Waals surface area contributed by atoms with Crippen molar-refractivity contribution in [1.82, 2.24) is 4.98 Å². The van der Waals surface area contributed by atoms with E-state index in [9.17, 15) is 0 Å². The summed E-state index contributed by atoms with van der Waals surface area (Å²) >= 11 is 0. The Balaban J connectivity index is 2.50. The van der Waals surface area contributed by atoms with Crippen LogP contribution in [0.1, 0.15) is 18.4 Å². The first kappa shape index (κ1) is 8.76. The van der Waals surface area contributed by atoms with Gasteiger partial charge in [0.25, 0.3) is 0 Å². The Labute approximate surface area is 82.0 Å². The molecule has 0 aliphatic rings. The van der Waals surface area contributed by atoms with Gasteiger partial charge in [0.1, 0.15) is 11.9 Å². The van der Waals surface area contributed by atoms with Crippen molar-refractivity contribution in [3.8, 4) is 6.07 Å². The molecule has 0 saturated heterocycles. The summed E-state index contributed by atoms with van der Waals surface area (Å²) in [5.74, 6) is 0.496. The van der Waals surface area contributed by atoms with Crippen LogP contribution in [0.4, 0.5) is 0 Å². The van der Waals surface area contributed by atoms with E-state index in [1.165, 1.54) is 5.56 Å². The summed E-state index contributed by atoms with van der Waals surface area (Å²) in [5.41, 5.74) is 2.83. The lowest BCUT2D eigenvalue weighted by Crippen LogP contribution is -1.80. The Morgan fingerprint density at radius 3 is 3.07 bits per heavy atom. The van der Waals surface area contributed by atoms with Gasteiger partial charge in [-0.2, -0.15) is 5.26 Å². The molecule has 0 unspecified atom stereocenters. The van der Waals surface area contributed by atoms with Crippen LogP contribution in [-0.2, 0) is 12.8 Å². The van der Waals surface area contributed by atoms with Gasteiger partial charge in [-0.3, -0.25) is 0 Å². The van der Waals surface area contributed by atoms with Crippen molar-refractivity contribution in [3.63, 3.8) is 0 Å². The largest absolute Gasteiger partial charge is 0.440 e. The van der Waals surface area contributed by atoms with Crippen molar-refractivity contribution in [2.24, 2.45) is 0 Å². The molecule has 0 fully saturated rings. The first-order valence-electron chi connectivity index (χ1n) is 4.58. The Morgan fingerprint density at radius 1 is 1.50 bits per heavy atom. The number of rotatable bonds is 2. The van der Waals surface area contributed by atoms with E-state index in [1.54, 1.807) is 0 Å². The molecule has 0 radical (unpaired) electrons. The fourth-order valence-electron chi connectivity index (χ4n) is 1.38. The average Bonchev–Trinajstić information content (AvgIpc) is 2.59. The number of aromatic nitrogens is 1. The van der Waals surface area contributed by atoms with Gasteiger partial charge in [0.15, 0.2) is 5.58 Å². The Kier molecular flexibility index (Phi) is 2.19. The summed E-state index contributed by atoms with van der Waals surface area (Å²) in [6, 6.07) is 7.94. The van der Waals surface area contributed by atoms with Crippen LogP contribution in [0.3, 0.4) is 0 Å². The normalized spacial score (nSPS) is 10.3. The monoisotopic (exact) mass is 186 g/mol. The number of nitrogens with zero attached hydrogens (tertiary/aromatic N) is 2. The summed E-state index contributed by atoms with van der Waals surface area (Å²) < 4.78 is 5.37. The maximum Gasteiger partial charge on any atom is 0.209 e. The molecular weight excluding hydrogens is 176 g/mol. The van der Waals surface area contributed by atoms with E-state index >= 15 is 0 Å².